The standard InChI is InChI=1S/C18H21N3O3/c1-11-8-16(22)20-17-13(11)9-12(10-18(17,2)3)19-14-6-4-5-7-15(14)21(23)24/h4-7,9,11,19H,8,10H2,1-3H3,(H,20,22). The number of carbonyl (C=O) groups excluding carboxylic acids is 1. The summed E-state index contributed by atoms with van der Waals surface area (Å²) in [5, 5.41) is 17.4. The van der Waals surface area contributed by atoms with Gasteiger partial charge in [-0.1, -0.05) is 32.9 Å². The molecule has 0 saturated heterocycles. The zero-order chi connectivity index (χ0) is 17.5. The lowest BCUT2D eigenvalue weighted by Gasteiger charge is -2.39. The van der Waals surface area contributed by atoms with Crippen LogP contribution in [0.3, 0.4) is 0 Å². The number of rotatable bonds is 3. The van der Waals surface area contributed by atoms with Crippen LogP contribution >= 0.6 is 0 Å². The number of hydrogen-bond donors (Lipinski definition) is 2. The summed E-state index contributed by atoms with van der Waals surface area (Å²) in [5.74, 6) is 0.189. The van der Waals surface area contributed by atoms with Crippen LogP contribution in [0.25, 0.3) is 0 Å². The number of hydrogen-bond acceptors (Lipinski definition) is 4. The largest absolute Gasteiger partial charge is 0.353 e. The number of nitro benzene ring substituents is 1. The van der Waals surface area contributed by atoms with Crippen LogP contribution in [0.1, 0.15) is 33.6 Å². The maximum absolute atomic E-state index is 11.9. The van der Waals surface area contributed by atoms with Crippen LogP contribution in [-0.4, -0.2) is 10.8 Å². The van der Waals surface area contributed by atoms with Crippen molar-refractivity contribution in [3.05, 3.63) is 57.4 Å². The van der Waals surface area contributed by atoms with Crippen molar-refractivity contribution in [1.29, 1.82) is 0 Å². The van der Waals surface area contributed by atoms with Gasteiger partial charge in [-0.2, -0.15) is 0 Å². The number of nitrogens with one attached hydrogen (secondary N) is 2. The Morgan fingerprint density at radius 3 is 2.75 bits per heavy atom. The molecule has 1 heterocycles. The van der Waals surface area contributed by atoms with Gasteiger partial charge in [0.1, 0.15) is 5.69 Å². The average Bonchev–Trinajstić information content (AvgIpc) is 2.48. The fraction of sp³-hybridized carbons (Fsp3) is 0.389. The Bertz CT molecular complexity index is 777. The summed E-state index contributed by atoms with van der Waals surface area (Å²) in [6.07, 6.45) is 3.16. The van der Waals surface area contributed by atoms with Gasteiger partial charge in [-0.15, -0.1) is 0 Å². The van der Waals surface area contributed by atoms with Gasteiger partial charge in [0.15, 0.2) is 0 Å². The fourth-order valence-electron chi connectivity index (χ4n) is 3.47. The second kappa shape index (κ2) is 5.78. The third-order valence-electron chi connectivity index (χ3n) is 4.61. The molecule has 126 valence electrons. The summed E-state index contributed by atoms with van der Waals surface area (Å²) < 4.78 is 0. The first-order valence-corrected chi connectivity index (χ1v) is 8.03. The van der Waals surface area contributed by atoms with Crippen LogP contribution in [0, 0.1) is 21.4 Å². The highest BCUT2D eigenvalue weighted by Gasteiger charge is 2.37. The van der Waals surface area contributed by atoms with Gasteiger partial charge in [-0.25, -0.2) is 0 Å². The Kier molecular flexibility index (Phi) is 3.91. The highest BCUT2D eigenvalue weighted by molar-refractivity contribution is 5.81. The lowest BCUT2D eigenvalue weighted by Crippen LogP contribution is -2.40. The lowest BCUT2D eigenvalue weighted by molar-refractivity contribution is -0.383. The number of para-hydroxylation sites is 2. The van der Waals surface area contributed by atoms with Crippen molar-refractivity contribution >= 4 is 17.3 Å². The molecule has 0 spiro atoms. The summed E-state index contributed by atoms with van der Waals surface area (Å²) >= 11 is 0. The van der Waals surface area contributed by atoms with E-state index in [1.54, 1.807) is 18.2 Å². The van der Waals surface area contributed by atoms with Gasteiger partial charge in [0.25, 0.3) is 5.69 Å². The Hall–Kier alpha value is -2.63. The Balaban J connectivity index is 1.98. The molecule has 2 N–H and O–H groups in total. The van der Waals surface area contributed by atoms with Gasteiger partial charge >= 0.3 is 0 Å². The fourth-order valence-corrected chi connectivity index (χ4v) is 3.47. The normalized spacial score (nSPS) is 22.4. The van der Waals surface area contributed by atoms with Crippen LogP contribution in [-0.2, 0) is 4.79 Å². The van der Waals surface area contributed by atoms with E-state index < -0.39 is 0 Å². The minimum Gasteiger partial charge on any atom is -0.353 e. The molecule has 6 heteroatoms. The first-order valence-electron chi connectivity index (χ1n) is 8.03. The Morgan fingerprint density at radius 2 is 2.04 bits per heavy atom. The molecular formula is C18H21N3O3. The smallest absolute Gasteiger partial charge is 0.292 e. The molecule has 1 unspecified atom stereocenters. The Labute approximate surface area is 140 Å². The van der Waals surface area contributed by atoms with E-state index >= 15 is 0 Å². The molecule has 0 saturated carbocycles. The van der Waals surface area contributed by atoms with Gasteiger partial charge in [0.05, 0.1) is 4.92 Å². The number of benzene rings is 1. The summed E-state index contributed by atoms with van der Waals surface area (Å²) in [5.41, 5.74) is 3.31. The summed E-state index contributed by atoms with van der Waals surface area (Å²) in [4.78, 5) is 22.7. The maximum Gasteiger partial charge on any atom is 0.292 e. The number of nitrogens with zero attached hydrogens (tertiary/aromatic N) is 1. The highest BCUT2D eigenvalue weighted by atomic mass is 16.6. The maximum atomic E-state index is 11.9. The molecule has 1 amide bonds. The number of carbonyl (C=O) groups is 1. The van der Waals surface area contributed by atoms with Crippen molar-refractivity contribution in [2.24, 2.45) is 11.3 Å². The molecule has 1 aliphatic heterocycles. The van der Waals surface area contributed by atoms with E-state index in [1.807, 2.05) is 13.0 Å². The van der Waals surface area contributed by atoms with Crippen LogP contribution in [0.2, 0.25) is 0 Å². The van der Waals surface area contributed by atoms with Crippen LogP contribution < -0.4 is 10.6 Å². The molecule has 1 aromatic rings. The Morgan fingerprint density at radius 1 is 1.33 bits per heavy atom. The van der Waals surface area contributed by atoms with Crippen LogP contribution in [0.4, 0.5) is 11.4 Å². The lowest BCUT2D eigenvalue weighted by atomic mass is 9.73. The molecule has 0 radical (unpaired) electrons. The first kappa shape index (κ1) is 16.2. The molecule has 3 rings (SSSR count). The van der Waals surface area contributed by atoms with E-state index in [2.05, 4.69) is 24.5 Å². The van der Waals surface area contributed by atoms with E-state index in [-0.39, 0.29) is 27.9 Å². The minimum absolute atomic E-state index is 0.0535. The van der Waals surface area contributed by atoms with Crippen molar-refractivity contribution in [2.45, 2.75) is 33.6 Å². The summed E-state index contributed by atoms with van der Waals surface area (Å²) in [6, 6.07) is 6.63. The number of amides is 1. The van der Waals surface area contributed by atoms with Crippen molar-refractivity contribution in [2.75, 3.05) is 5.32 Å². The van der Waals surface area contributed by atoms with E-state index in [4.69, 9.17) is 0 Å². The van der Waals surface area contributed by atoms with Crippen LogP contribution in [0.15, 0.2) is 47.3 Å². The highest BCUT2D eigenvalue weighted by Crippen LogP contribution is 2.43. The second-order valence-corrected chi connectivity index (χ2v) is 7.11. The third-order valence-corrected chi connectivity index (χ3v) is 4.61. The van der Waals surface area contributed by atoms with E-state index in [0.29, 0.717) is 18.5 Å². The zero-order valence-electron chi connectivity index (χ0n) is 14.1. The summed E-state index contributed by atoms with van der Waals surface area (Å²) in [6.45, 7) is 6.19. The quantitative estimate of drug-likeness (QED) is 0.654. The number of allylic oxidation sites excluding steroid dienone is 4. The van der Waals surface area contributed by atoms with Gasteiger partial charge in [-0.3, -0.25) is 14.9 Å². The van der Waals surface area contributed by atoms with E-state index in [9.17, 15) is 14.9 Å². The predicted molar refractivity (Wildman–Crippen MR) is 92.1 cm³/mol. The third kappa shape index (κ3) is 2.91. The molecular weight excluding hydrogens is 306 g/mol. The van der Waals surface area contributed by atoms with Crippen molar-refractivity contribution in [3.63, 3.8) is 0 Å². The number of anilines is 1. The zero-order valence-corrected chi connectivity index (χ0v) is 14.1. The van der Waals surface area contributed by atoms with Gasteiger partial charge < -0.3 is 10.6 Å². The molecule has 24 heavy (non-hydrogen) atoms. The van der Waals surface area contributed by atoms with Crippen molar-refractivity contribution in [3.8, 4) is 0 Å². The second-order valence-electron chi connectivity index (χ2n) is 7.11. The topological polar surface area (TPSA) is 84.3 Å². The molecule has 2 aliphatic rings. The van der Waals surface area contributed by atoms with E-state index in [1.165, 1.54) is 6.07 Å². The molecule has 1 aromatic carbocycles. The van der Waals surface area contributed by atoms with Crippen molar-refractivity contribution < 1.29 is 9.72 Å². The SMILES string of the molecule is CC1CC(=O)NC2=C1C=C(Nc1ccccc1[N+](=O)[O-])CC2(C)C. The minimum atomic E-state index is -0.384. The van der Waals surface area contributed by atoms with Crippen molar-refractivity contribution in [1.82, 2.24) is 5.32 Å². The van der Waals surface area contributed by atoms with Gasteiger partial charge in [0, 0.05) is 29.3 Å². The average molecular weight is 327 g/mol. The molecule has 1 atom stereocenters. The molecule has 0 bridgehead atoms. The van der Waals surface area contributed by atoms with Gasteiger partial charge in [-0.05, 0) is 30.1 Å². The molecule has 0 aromatic heterocycles. The van der Waals surface area contributed by atoms with E-state index in [0.717, 1.165) is 17.0 Å². The molecule has 6 nitrogen and oxygen atoms in total. The van der Waals surface area contributed by atoms with Gasteiger partial charge in [0.2, 0.25) is 5.91 Å². The molecule has 1 aliphatic carbocycles. The molecule has 0 fully saturated rings. The first-order chi connectivity index (χ1) is 11.3. The van der Waals surface area contributed by atoms with Crippen LogP contribution in [0.5, 0.6) is 0 Å². The summed E-state index contributed by atoms with van der Waals surface area (Å²) in [7, 11) is 0. The predicted octanol–water partition coefficient (Wildman–Crippen LogP) is 3.73. The monoisotopic (exact) mass is 327 g/mol. The number of nitro groups is 1.